The van der Waals surface area contributed by atoms with Crippen LogP contribution in [-0.2, 0) is 11.2 Å². The van der Waals surface area contributed by atoms with E-state index in [1.807, 2.05) is 19.1 Å². The van der Waals surface area contributed by atoms with Gasteiger partial charge >= 0.3 is 0 Å². The number of primary amides is 1. The van der Waals surface area contributed by atoms with E-state index < -0.39 is 5.91 Å². The largest absolute Gasteiger partial charge is 0.369 e. The molecule has 0 spiro atoms. The van der Waals surface area contributed by atoms with Gasteiger partial charge in [0, 0.05) is 13.1 Å². The van der Waals surface area contributed by atoms with Crippen LogP contribution in [0, 0.1) is 0 Å². The topological polar surface area (TPSA) is 95.1 Å². The maximum atomic E-state index is 11.8. The van der Waals surface area contributed by atoms with Crippen LogP contribution in [0.4, 0.5) is 0 Å². The van der Waals surface area contributed by atoms with Gasteiger partial charge in [-0.1, -0.05) is 24.9 Å². The molecule has 1 atom stereocenters. The Labute approximate surface area is 145 Å². The molecule has 3 heterocycles. The summed E-state index contributed by atoms with van der Waals surface area (Å²) in [6, 6.07) is 3.71. The number of hydrogen-bond donors (Lipinski definition) is 2. The summed E-state index contributed by atoms with van der Waals surface area (Å²) < 4.78 is 7.15. The van der Waals surface area contributed by atoms with Crippen molar-refractivity contribution in [3.05, 3.63) is 40.4 Å². The standard InChI is InChI=1S/C16H20ClN5O2/c1-2-3-12-14(17)15(16(18)23)22(21-12)10-4-5-11(20-8-10)13-9-19-6-7-24-13/h4-5,8,13,19H,2-3,6-7,9H2,1H3,(H2,18,23)/t13-/m0/s1. The molecule has 128 valence electrons. The van der Waals surface area contributed by atoms with Crippen molar-refractivity contribution in [2.75, 3.05) is 19.7 Å². The van der Waals surface area contributed by atoms with Crippen LogP contribution in [0.5, 0.6) is 0 Å². The van der Waals surface area contributed by atoms with Crippen molar-refractivity contribution in [2.24, 2.45) is 5.73 Å². The highest BCUT2D eigenvalue weighted by molar-refractivity contribution is 6.34. The number of pyridine rings is 1. The Morgan fingerprint density at radius 2 is 2.38 bits per heavy atom. The summed E-state index contributed by atoms with van der Waals surface area (Å²) in [4.78, 5) is 16.2. The van der Waals surface area contributed by atoms with E-state index in [1.165, 1.54) is 4.68 Å². The monoisotopic (exact) mass is 349 g/mol. The predicted octanol–water partition coefficient (Wildman–Crippen LogP) is 1.63. The summed E-state index contributed by atoms with van der Waals surface area (Å²) in [5.41, 5.74) is 7.80. The van der Waals surface area contributed by atoms with Gasteiger partial charge in [-0.2, -0.15) is 5.10 Å². The first-order chi connectivity index (χ1) is 11.6. The number of carbonyl (C=O) groups is 1. The van der Waals surface area contributed by atoms with E-state index in [-0.39, 0.29) is 11.8 Å². The van der Waals surface area contributed by atoms with Crippen LogP contribution >= 0.6 is 11.6 Å². The molecule has 0 aromatic carbocycles. The minimum atomic E-state index is -0.612. The molecule has 1 amide bonds. The molecule has 3 rings (SSSR count). The fraction of sp³-hybridized carbons (Fsp3) is 0.438. The van der Waals surface area contributed by atoms with E-state index in [9.17, 15) is 4.79 Å². The lowest BCUT2D eigenvalue weighted by atomic mass is 10.2. The number of nitrogens with two attached hydrogens (primary N) is 1. The van der Waals surface area contributed by atoms with Crippen LogP contribution in [0.25, 0.3) is 5.69 Å². The van der Waals surface area contributed by atoms with Gasteiger partial charge in [-0.25, -0.2) is 4.68 Å². The van der Waals surface area contributed by atoms with Gasteiger partial charge in [-0.15, -0.1) is 0 Å². The van der Waals surface area contributed by atoms with E-state index >= 15 is 0 Å². The molecule has 0 saturated carbocycles. The molecule has 8 heteroatoms. The molecular formula is C16H20ClN5O2. The second-order valence-electron chi connectivity index (χ2n) is 5.64. The highest BCUT2D eigenvalue weighted by Gasteiger charge is 2.22. The zero-order chi connectivity index (χ0) is 17.1. The average molecular weight is 350 g/mol. The molecule has 0 unspecified atom stereocenters. The highest BCUT2D eigenvalue weighted by Crippen LogP contribution is 2.25. The van der Waals surface area contributed by atoms with Crippen molar-refractivity contribution in [1.29, 1.82) is 0 Å². The van der Waals surface area contributed by atoms with Crippen LogP contribution in [0.1, 0.15) is 41.3 Å². The second-order valence-corrected chi connectivity index (χ2v) is 6.02. The molecular weight excluding hydrogens is 330 g/mol. The number of nitrogens with one attached hydrogen (secondary N) is 1. The molecule has 3 N–H and O–H groups in total. The van der Waals surface area contributed by atoms with Gasteiger partial charge in [0.1, 0.15) is 6.10 Å². The quantitative estimate of drug-likeness (QED) is 0.855. The Hall–Kier alpha value is -1.96. The molecule has 2 aromatic rings. The zero-order valence-electron chi connectivity index (χ0n) is 13.5. The second kappa shape index (κ2) is 7.29. The number of amides is 1. The van der Waals surface area contributed by atoms with Crippen molar-refractivity contribution in [3.8, 4) is 5.69 Å². The first-order valence-corrected chi connectivity index (χ1v) is 8.35. The van der Waals surface area contributed by atoms with Crippen molar-refractivity contribution < 1.29 is 9.53 Å². The Morgan fingerprint density at radius 1 is 1.54 bits per heavy atom. The summed E-state index contributed by atoms with van der Waals surface area (Å²) in [5, 5.41) is 8.01. The summed E-state index contributed by atoms with van der Waals surface area (Å²) in [6.07, 6.45) is 3.14. The third kappa shape index (κ3) is 3.28. The Morgan fingerprint density at radius 3 is 2.96 bits per heavy atom. The van der Waals surface area contributed by atoms with Crippen LogP contribution < -0.4 is 11.1 Å². The van der Waals surface area contributed by atoms with E-state index in [0.717, 1.165) is 25.2 Å². The van der Waals surface area contributed by atoms with Gasteiger partial charge in [-0.05, 0) is 18.6 Å². The first-order valence-electron chi connectivity index (χ1n) is 7.97. The lowest BCUT2D eigenvalue weighted by Crippen LogP contribution is -2.33. The minimum Gasteiger partial charge on any atom is -0.369 e. The van der Waals surface area contributed by atoms with Crippen LogP contribution in [0.15, 0.2) is 18.3 Å². The van der Waals surface area contributed by atoms with Crippen LogP contribution in [0.2, 0.25) is 5.02 Å². The molecule has 7 nitrogen and oxygen atoms in total. The number of hydrogen-bond acceptors (Lipinski definition) is 5. The van der Waals surface area contributed by atoms with Crippen molar-refractivity contribution in [1.82, 2.24) is 20.1 Å². The number of aromatic nitrogens is 3. The van der Waals surface area contributed by atoms with E-state index in [4.69, 9.17) is 22.1 Å². The molecule has 0 bridgehead atoms. The summed E-state index contributed by atoms with van der Waals surface area (Å²) in [6.45, 7) is 4.26. The fourth-order valence-corrected chi connectivity index (χ4v) is 3.01. The number of nitrogens with zero attached hydrogens (tertiary/aromatic N) is 3. The van der Waals surface area contributed by atoms with Gasteiger partial charge < -0.3 is 15.8 Å². The van der Waals surface area contributed by atoms with Crippen molar-refractivity contribution in [3.63, 3.8) is 0 Å². The van der Waals surface area contributed by atoms with Gasteiger partial charge in [0.25, 0.3) is 5.91 Å². The van der Waals surface area contributed by atoms with Crippen molar-refractivity contribution >= 4 is 17.5 Å². The maximum Gasteiger partial charge on any atom is 0.269 e. The van der Waals surface area contributed by atoms with E-state index in [0.29, 0.717) is 29.4 Å². The smallest absolute Gasteiger partial charge is 0.269 e. The van der Waals surface area contributed by atoms with Crippen LogP contribution in [-0.4, -0.2) is 40.4 Å². The van der Waals surface area contributed by atoms with Crippen LogP contribution in [0.3, 0.4) is 0 Å². The summed E-state index contributed by atoms with van der Waals surface area (Å²) >= 11 is 6.27. The molecule has 24 heavy (non-hydrogen) atoms. The third-order valence-electron chi connectivity index (χ3n) is 3.89. The number of ether oxygens (including phenoxy) is 1. The average Bonchev–Trinajstić information content (AvgIpc) is 2.93. The van der Waals surface area contributed by atoms with Gasteiger partial charge in [-0.3, -0.25) is 9.78 Å². The van der Waals surface area contributed by atoms with Gasteiger partial charge in [0.15, 0.2) is 5.69 Å². The Kier molecular flexibility index (Phi) is 5.13. The fourth-order valence-electron chi connectivity index (χ4n) is 2.71. The number of halogens is 1. The lowest BCUT2D eigenvalue weighted by Gasteiger charge is -2.23. The van der Waals surface area contributed by atoms with E-state index in [2.05, 4.69) is 15.4 Å². The summed E-state index contributed by atoms with van der Waals surface area (Å²) in [7, 11) is 0. The summed E-state index contributed by atoms with van der Waals surface area (Å²) in [5.74, 6) is -0.612. The number of rotatable bonds is 5. The molecule has 0 radical (unpaired) electrons. The Balaban J connectivity index is 1.93. The normalized spacial score (nSPS) is 17.8. The number of carbonyl (C=O) groups excluding carboxylic acids is 1. The number of morpholine rings is 1. The lowest BCUT2D eigenvalue weighted by molar-refractivity contribution is 0.0250. The molecule has 1 fully saturated rings. The maximum absolute atomic E-state index is 11.8. The molecule has 2 aromatic heterocycles. The van der Waals surface area contributed by atoms with Gasteiger partial charge in [0.2, 0.25) is 0 Å². The number of aryl methyl sites for hydroxylation is 1. The predicted molar refractivity (Wildman–Crippen MR) is 90.4 cm³/mol. The molecule has 1 aliphatic rings. The molecule has 1 aliphatic heterocycles. The third-order valence-corrected chi connectivity index (χ3v) is 4.28. The zero-order valence-corrected chi connectivity index (χ0v) is 14.2. The molecule has 0 aliphatic carbocycles. The first kappa shape index (κ1) is 16.9. The SMILES string of the molecule is CCCc1nn(-c2ccc([C@@H]3CNCCO3)nc2)c(C(N)=O)c1Cl. The minimum absolute atomic E-state index is 0.0692. The van der Waals surface area contributed by atoms with Crippen molar-refractivity contribution in [2.45, 2.75) is 25.9 Å². The highest BCUT2D eigenvalue weighted by atomic mass is 35.5. The van der Waals surface area contributed by atoms with Gasteiger partial charge in [0.05, 0.1) is 34.9 Å². The van der Waals surface area contributed by atoms with E-state index in [1.54, 1.807) is 6.20 Å². The molecule has 1 saturated heterocycles. The Bertz CT molecular complexity index is 723.